The Morgan fingerprint density at radius 2 is 1.62 bits per heavy atom. The molecule has 0 saturated heterocycles. The lowest BCUT2D eigenvalue weighted by Gasteiger charge is -2.08. The van der Waals surface area contributed by atoms with E-state index in [1.807, 2.05) is 13.0 Å². The molecule has 162 valence electrons. The molecule has 0 saturated carbocycles. The minimum Gasteiger partial charge on any atom is -0.493 e. The van der Waals surface area contributed by atoms with Gasteiger partial charge in [0.05, 0.1) is 10.4 Å². The molecule has 1 amide bonds. The summed E-state index contributed by atoms with van der Waals surface area (Å²) in [6, 6.07) is 22.0. The average Bonchev–Trinajstić information content (AvgIpc) is 3.04. The molecule has 0 atom stereocenters. The second-order valence-corrected chi connectivity index (χ2v) is 8.74. The number of fused-ring (bicyclic) bond motifs is 1. The smallest absolute Gasteiger partial charge is 0.299 e. The van der Waals surface area contributed by atoms with E-state index in [4.69, 9.17) is 0 Å². The molecule has 9 heteroatoms. The number of benzene rings is 3. The molecule has 0 radical (unpaired) electrons. The van der Waals surface area contributed by atoms with E-state index in [9.17, 15) is 18.3 Å². The molecule has 0 fully saturated rings. The fraction of sp³-hybridized carbons (Fsp3) is 0.0870. The van der Waals surface area contributed by atoms with Gasteiger partial charge in [-0.25, -0.2) is 0 Å². The number of aromatic hydroxyl groups is 1. The Hall–Kier alpha value is -3.98. The quantitative estimate of drug-likeness (QED) is 0.414. The lowest BCUT2D eigenvalue weighted by atomic mass is 10.2. The van der Waals surface area contributed by atoms with Gasteiger partial charge in [-0.2, -0.15) is 8.42 Å². The van der Waals surface area contributed by atoms with Crippen LogP contribution in [0.4, 0.5) is 11.4 Å². The standard InChI is InChI=1S/C23H20N4O4S/c1-16-11-13-18(14-12-16)32(30,31)26-25-22-19-9-5-6-10-20(19)27(23(22)29)15-21(28)24-17-7-3-2-4-8-17/h2-14,29H,15H2,1H3,(H,24,28). The van der Waals surface area contributed by atoms with Crippen LogP contribution in [0, 0.1) is 6.92 Å². The molecule has 1 heterocycles. The molecular weight excluding hydrogens is 428 g/mol. The van der Waals surface area contributed by atoms with Crippen molar-refractivity contribution in [3.8, 4) is 5.88 Å². The van der Waals surface area contributed by atoms with Crippen LogP contribution in [-0.2, 0) is 21.4 Å². The lowest BCUT2D eigenvalue weighted by Crippen LogP contribution is -2.18. The van der Waals surface area contributed by atoms with Gasteiger partial charge in [0.1, 0.15) is 6.54 Å². The first kappa shape index (κ1) is 21.3. The van der Waals surface area contributed by atoms with Crippen molar-refractivity contribution >= 4 is 38.2 Å². The number of nitrogens with one attached hydrogen (secondary N) is 1. The molecule has 2 N–H and O–H groups in total. The number of rotatable bonds is 6. The van der Waals surface area contributed by atoms with Gasteiger partial charge < -0.3 is 15.0 Å². The molecule has 32 heavy (non-hydrogen) atoms. The Kier molecular flexibility index (Phi) is 5.74. The first-order valence-electron chi connectivity index (χ1n) is 9.75. The summed E-state index contributed by atoms with van der Waals surface area (Å²) in [5.74, 6) is -0.708. The Labute approximate surface area is 184 Å². The largest absolute Gasteiger partial charge is 0.493 e. The number of hydrogen-bond acceptors (Lipinski definition) is 5. The van der Waals surface area contributed by atoms with Crippen molar-refractivity contribution in [3.63, 3.8) is 0 Å². The summed E-state index contributed by atoms with van der Waals surface area (Å²) in [4.78, 5) is 12.5. The maximum absolute atomic E-state index is 12.5. The van der Waals surface area contributed by atoms with Crippen LogP contribution < -0.4 is 5.32 Å². The third kappa shape index (κ3) is 4.37. The minimum absolute atomic E-state index is 0.00248. The number of aromatic nitrogens is 1. The fourth-order valence-corrected chi connectivity index (χ4v) is 4.01. The fourth-order valence-electron chi connectivity index (χ4n) is 3.25. The van der Waals surface area contributed by atoms with E-state index in [-0.39, 0.29) is 28.9 Å². The number of para-hydroxylation sites is 2. The second-order valence-electron chi connectivity index (χ2n) is 7.16. The molecule has 4 rings (SSSR count). The van der Waals surface area contributed by atoms with Crippen LogP contribution in [0.2, 0.25) is 0 Å². The molecule has 8 nitrogen and oxygen atoms in total. The van der Waals surface area contributed by atoms with E-state index < -0.39 is 10.0 Å². The van der Waals surface area contributed by atoms with Crippen LogP contribution in [0.15, 0.2) is 93.4 Å². The molecule has 0 spiro atoms. The van der Waals surface area contributed by atoms with Crippen molar-refractivity contribution in [1.82, 2.24) is 4.57 Å². The van der Waals surface area contributed by atoms with Crippen LogP contribution in [-0.4, -0.2) is 24.0 Å². The predicted octanol–water partition coefficient (Wildman–Crippen LogP) is 4.77. The minimum atomic E-state index is -4.06. The van der Waals surface area contributed by atoms with Crippen LogP contribution in [0.3, 0.4) is 0 Å². The highest BCUT2D eigenvalue weighted by molar-refractivity contribution is 7.90. The number of nitrogens with zero attached hydrogens (tertiary/aromatic N) is 3. The zero-order chi connectivity index (χ0) is 22.7. The summed E-state index contributed by atoms with van der Waals surface area (Å²) < 4.78 is 30.0. The van der Waals surface area contributed by atoms with Crippen LogP contribution in [0.1, 0.15) is 5.56 Å². The predicted molar refractivity (Wildman–Crippen MR) is 122 cm³/mol. The van der Waals surface area contributed by atoms with E-state index in [0.717, 1.165) is 5.56 Å². The maximum Gasteiger partial charge on any atom is 0.299 e. The Morgan fingerprint density at radius 3 is 2.34 bits per heavy atom. The van der Waals surface area contributed by atoms with Gasteiger partial charge in [0.15, 0.2) is 5.69 Å². The number of anilines is 1. The summed E-state index contributed by atoms with van der Waals surface area (Å²) in [7, 11) is -4.06. The van der Waals surface area contributed by atoms with E-state index in [0.29, 0.717) is 16.6 Å². The monoisotopic (exact) mass is 448 g/mol. The first-order chi connectivity index (χ1) is 15.3. The van der Waals surface area contributed by atoms with E-state index >= 15 is 0 Å². The lowest BCUT2D eigenvalue weighted by molar-refractivity contribution is -0.116. The molecule has 3 aromatic carbocycles. The first-order valence-corrected chi connectivity index (χ1v) is 11.2. The maximum atomic E-state index is 12.5. The third-order valence-electron chi connectivity index (χ3n) is 4.84. The second kappa shape index (κ2) is 8.64. The van der Waals surface area contributed by atoms with Gasteiger partial charge in [0.2, 0.25) is 11.8 Å². The summed E-state index contributed by atoms with van der Waals surface area (Å²) >= 11 is 0. The van der Waals surface area contributed by atoms with Crippen LogP contribution in [0.25, 0.3) is 10.9 Å². The molecule has 4 aromatic rings. The number of sulfonamides is 1. The van der Waals surface area contributed by atoms with Crippen molar-refractivity contribution in [1.29, 1.82) is 0 Å². The zero-order valence-corrected chi connectivity index (χ0v) is 18.0. The van der Waals surface area contributed by atoms with Gasteiger partial charge >= 0.3 is 0 Å². The van der Waals surface area contributed by atoms with Crippen molar-refractivity contribution in [2.75, 3.05) is 5.32 Å². The molecule has 0 aliphatic carbocycles. The van der Waals surface area contributed by atoms with Gasteiger partial charge in [0.25, 0.3) is 10.0 Å². The molecule has 0 aliphatic heterocycles. The molecule has 0 aliphatic rings. The van der Waals surface area contributed by atoms with Gasteiger partial charge in [0, 0.05) is 11.1 Å². The Morgan fingerprint density at radius 1 is 0.969 bits per heavy atom. The topological polar surface area (TPSA) is 113 Å². The van der Waals surface area contributed by atoms with Gasteiger partial charge in [-0.15, -0.1) is 5.11 Å². The average molecular weight is 449 g/mol. The number of hydrogen-bond donors (Lipinski definition) is 2. The van der Waals surface area contributed by atoms with E-state index in [1.54, 1.807) is 60.7 Å². The van der Waals surface area contributed by atoms with Gasteiger partial charge in [-0.1, -0.05) is 58.6 Å². The molecular formula is C23H20N4O4S. The summed E-state index contributed by atoms with van der Waals surface area (Å²) in [5.41, 5.74) is 2.03. The SMILES string of the molecule is Cc1ccc(S(=O)(=O)N=Nc2c(O)n(CC(=O)Nc3ccccc3)c3ccccc23)cc1. The van der Waals surface area contributed by atoms with Crippen molar-refractivity contribution in [2.24, 2.45) is 9.63 Å². The number of amides is 1. The highest BCUT2D eigenvalue weighted by Gasteiger charge is 2.20. The van der Waals surface area contributed by atoms with Crippen molar-refractivity contribution in [2.45, 2.75) is 18.4 Å². The molecule has 1 aromatic heterocycles. The van der Waals surface area contributed by atoms with Gasteiger partial charge in [-0.05, 0) is 37.3 Å². The normalized spacial score (nSPS) is 11.8. The summed E-state index contributed by atoms with van der Waals surface area (Å²) in [6.07, 6.45) is 0. The van der Waals surface area contributed by atoms with Crippen molar-refractivity contribution in [3.05, 3.63) is 84.4 Å². The third-order valence-corrected chi connectivity index (χ3v) is 6.01. The summed E-state index contributed by atoms with van der Waals surface area (Å²) in [5, 5.41) is 17.8. The van der Waals surface area contributed by atoms with Crippen LogP contribution in [0.5, 0.6) is 5.88 Å². The number of carbonyl (C=O) groups is 1. The Bertz CT molecular complexity index is 1410. The number of aryl methyl sites for hydroxylation is 1. The molecule has 0 unspecified atom stereocenters. The summed E-state index contributed by atoms with van der Waals surface area (Å²) in [6.45, 7) is 1.65. The number of carbonyl (C=O) groups excluding carboxylic acids is 1. The van der Waals surface area contributed by atoms with E-state index in [1.165, 1.54) is 16.7 Å². The van der Waals surface area contributed by atoms with E-state index in [2.05, 4.69) is 15.0 Å². The highest BCUT2D eigenvalue weighted by Crippen LogP contribution is 2.39. The Balaban J connectivity index is 1.67. The van der Waals surface area contributed by atoms with Crippen LogP contribution >= 0.6 is 0 Å². The molecule has 0 bridgehead atoms. The van der Waals surface area contributed by atoms with Gasteiger partial charge in [-0.3, -0.25) is 4.79 Å². The van der Waals surface area contributed by atoms with Crippen molar-refractivity contribution < 1.29 is 18.3 Å². The highest BCUT2D eigenvalue weighted by atomic mass is 32.2. The zero-order valence-electron chi connectivity index (χ0n) is 17.1.